The summed E-state index contributed by atoms with van der Waals surface area (Å²) in [5, 5.41) is 2.46. The molecule has 1 aromatic heterocycles. The molecule has 24 heavy (non-hydrogen) atoms. The van der Waals surface area contributed by atoms with Gasteiger partial charge in [-0.05, 0) is 35.9 Å². The average molecular weight is 403 g/mol. The maximum atomic E-state index is 11.9. The predicted molar refractivity (Wildman–Crippen MR) is 98.3 cm³/mol. The van der Waals surface area contributed by atoms with Crippen LogP contribution in [0.15, 0.2) is 40.8 Å². The van der Waals surface area contributed by atoms with Crippen molar-refractivity contribution >= 4 is 63.3 Å². The lowest BCUT2D eigenvalue weighted by atomic mass is 9.94. The number of fused-ring (bicyclic) bond motifs is 1. The molecule has 1 amide bonds. The van der Waals surface area contributed by atoms with E-state index in [0.717, 1.165) is 5.39 Å². The number of primary amides is 1. The number of benzene rings is 2. The third-order valence-electron chi connectivity index (χ3n) is 3.68. The molecule has 0 radical (unpaired) electrons. The van der Waals surface area contributed by atoms with Gasteiger partial charge in [-0.1, -0.05) is 52.5 Å². The molecule has 7 heteroatoms. The van der Waals surface area contributed by atoms with Crippen molar-refractivity contribution in [3.8, 4) is 0 Å². The van der Waals surface area contributed by atoms with Gasteiger partial charge in [0.05, 0.1) is 21.0 Å². The van der Waals surface area contributed by atoms with Gasteiger partial charge in [0, 0.05) is 16.8 Å². The fourth-order valence-electron chi connectivity index (χ4n) is 2.54. The summed E-state index contributed by atoms with van der Waals surface area (Å²) in [7, 11) is 0. The van der Waals surface area contributed by atoms with Crippen LogP contribution in [0.3, 0.4) is 0 Å². The van der Waals surface area contributed by atoms with E-state index in [1.165, 1.54) is 0 Å². The zero-order chi connectivity index (χ0) is 17.4. The number of furan rings is 1. The van der Waals surface area contributed by atoms with Crippen LogP contribution in [0.25, 0.3) is 11.0 Å². The zero-order valence-electron chi connectivity index (χ0n) is 12.2. The highest BCUT2D eigenvalue weighted by Crippen LogP contribution is 2.33. The minimum Gasteiger partial charge on any atom is -0.459 e. The van der Waals surface area contributed by atoms with E-state index >= 15 is 0 Å². The van der Waals surface area contributed by atoms with Crippen LogP contribution in [0.1, 0.15) is 17.2 Å². The van der Waals surface area contributed by atoms with Crippen molar-refractivity contribution in [2.45, 2.75) is 12.3 Å². The Balaban J connectivity index is 1.98. The lowest BCUT2D eigenvalue weighted by Gasteiger charge is -2.13. The fourth-order valence-corrected chi connectivity index (χ4v) is 3.40. The van der Waals surface area contributed by atoms with E-state index in [2.05, 4.69) is 0 Å². The molecule has 3 rings (SSSR count). The summed E-state index contributed by atoms with van der Waals surface area (Å²) in [4.78, 5) is 11.9. The molecular weight excluding hydrogens is 392 g/mol. The van der Waals surface area contributed by atoms with Crippen LogP contribution in [-0.4, -0.2) is 5.91 Å². The van der Waals surface area contributed by atoms with Crippen molar-refractivity contribution in [2.24, 2.45) is 5.73 Å². The molecule has 1 atom stereocenters. The van der Waals surface area contributed by atoms with E-state index in [-0.39, 0.29) is 6.42 Å². The maximum Gasteiger partial charge on any atom is 0.225 e. The Morgan fingerprint density at radius 1 is 1.00 bits per heavy atom. The normalized spacial score (nSPS) is 12.5. The third-order valence-corrected chi connectivity index (χ3v) is 4.92. The van der Waals surface area contributed by atoms with Crippen molar-refractivity contribution in [3.05, 3.63) is 67.8 Å². The number of hydrogen-bond acceptors (Lipinski definition) is 2. The molecule has 0 aliphatic rings. The zero-order valence-corrected chi connectivity index (χ0v) is 15.2. The highest BCUT2D eigenvalue weighted by atomic mass is 35.5. The standard InChI is InChI=1S/C17H11Cl4NO2/c18-10-3-9-4-11(24-16(9)15(21)6-10)7-12(17(22)23)8-1-2-13(19)14(20)5-8/h1-6,12H,7H2,(H2,22,23). The molecule has 0 spiro atoms. The first kappa shape index (κ1) is 17.4. The largest absolute Gasteiger partial charge is 0.459 e. The molecule has 3 nitrogen and oxygen atoms in total. The smallest absolute Gasteiger partial charge is 0.225 e. The van der Waals surface area contributed by atoms with Crippen LogP contribution in [0.5, 0.6) is 0 Å². The van der Waals surface area contributed by atoms with E-state index in [4.69, 9.17) is 56.6 Å². The predicted octanol–water partition coefficient (Wildman–Crippen LogP) is 5.86. The summed E-state index contributed by atoms with van der Waals surface area (Å²) in [6.45, 7) is 0. The first-order valence-electron chi connectivity index (χ1n) is 6.97. The molecule has 0 bridgehead atoms. The van der Waals surface area contributed by atoms with Gasteiger partial charge in [0.25, 0.3) is 0 Å². The molecule has 2 aromatic carbocycles. The van der Waals surface area contributed by atoms with Crippen LogP contribution in [-0.2, 0) is 11.2 Å². The summed E-state index contributed by atoms with van der Waals surface area (Å²) in [5.41, 5.74) is 6.74. The number of rotatable bonds is 4. The molecular formula is C17H11Cl4NO2. The third kappa shape index (κ3) is 3.50. The van der Waals surface area contributed by atoms with Gasteiger partial charge < -0.3 is 10.2 Å². The number of nitrogens with two attached hydrogens (primary N) is 1. The Morgan fingerprint density at radius 2 is 1.75 bits per heavy atom. The molecule has 1 heterocycles. The van der Waals surface area contributed by atoms with Gasteiger partial charge in [-0.2, -0.15) is 0 Å². The van der Waals surface area contributed by atoms with Crippen LogP contribution in [0.4, 0.5) is 0 Å². The number of halogens is 4. The summed E-state index contributed by atoms with van der Waals surface area (Å²) < 4.78 is 5.75. The van der Waals surface area contributed by atoms with Gasteiger partial charge in [0.2, 0.25) is 5.91 Å². The van der Waals surface area contributed by atoms with Crippen LogP contribution < -0.4 is 5.73 Å². The van der Waals surface area contributed by atoms with Gasteiger partial charge in [-0.25, -0.2) is 0 Å². The van der Waals surface area contributed by atoms with Crippen LogP contribution >= 0.6 is 46.4 Å². The van der Waals surface area contributed by atoms with Gasteiger partial charge in [-0.15, -0.1) is 0 Å². The summed E-state index contributed by atoms with van der Waals surface area (Å²) >= 11 is 24.1. The van der Waals surface area contributed by atoms with Crippen molar-refractivity contribution in [3.63, 3.8) is 0 Å². The highest BCUT2D eigenvalue weighted by molar-refractivity contribution is 6.42. The first-order valence-corrected chi connectivity index (χ1v) is 8.48. The SMILES string of the molecule is NC(=O)C(Cc1cc2cc(Cl)cc(Cl)c2o1)c1ccc(Cl)c(Cl)c1. The Morgan fingerprint density at radius 3 is 2.42 bits per heavy atom. The van der Waals surface area contributed by atoms with E-state index in [9.17, 15) is 4.79 Å². The van der Waals surface area contributed by atoms with Crippen molar-refractivity contribution in [2.75, 3.05) is 0 Å². The molecule has 2 N–H and O–H groups in total. The Kier molecular flexibility index (Phi) is 4.97. The Labute approximate surface area is 158 Å². The lowest BCUT2D eigenvalue weighted by molar-refractivity contribution is -0.119. The van der Waals surface area contributed by atoms with Gasteiger partial charge >= 0.3 is 0 Å². The summed E-state index contributed by atoms with van der Waals surface area (Å²) in [6.07, 6.45) is 0.274. The Bertz CT molecular complexity index is 936. The molecule has 1 unspecified atom stereocenters. The van der Waals surface area contributed by atoms with E-state index in [1.54, 1.807) is 36.4 Å². The monoisotopic (exact) mass is 401 g/mol. The van der Waals surface area contributed by atoms with E-state index < -0.39 is 11.8 Å². The quantitative estimate of drug-likeness (QED) is 0.594. The minimum absolute atomic E-state index is 0.274. The Hall–Kier alpha value is -1.39. The van der Waals surface area contributed by atoms with Gasteiger partial charge in [0.15, 0.2) is 5.58 Å². The van der Waals surface area contributed by atoms with Crippen LogP contribution in [0, 0.1) is 0 Å². The second-order valence-corrected chi connectivity index (χ2v) is 7.01. The number of carbonyl (C=O) groups is 1. The maximum absolute atomic E-state index is 11.9. The molecule has 0 saturated carbocycles. The summed E-state index contributed by atoms with van der Waals surface area (Å²) in [6, 6.07) is 10.1. The average Bonchev–Trinajstić information content (AvgIpc) is 2.90. The number of hydrogen-bond donors (Lipinski definition) is 1. The van der Waals surface area contributed by atoms with Crippen molar-refractivity contribution in [1.29, 1.82) is 0 Å². The second kappa shape index (κ2) is 6.85. The number of amides is 1. The second-order valence-electron chi connectivity index (χ2n) is 5.35. The minimum atomic E-state index is -0.602. The van der Waals surface area contributed by atoms with E-state index in [0.29, 0.717) is 37.0 Å². The molecule has 0 fully saturated rings. The molecule has 0 saturated heterocycles. The topological polar surface area (TPSA) is 56.2 Å². The summed E-state index contributed by atoms with van der Waals surface area (Å²) in [5.74, 6) is -0.517. The van der Waals surface area contributed by atoms with Gasteiger partial charge in [0.1, 0.15) is 5.76 Å². The van der Waals surface area contributed by atoms with E-state index in [1.807, 2.05) is 0 Å². The first-order chi connectivity index (χ1) is 11.3. The highest BCUT2D eigenvalue weighted by Gasteiger charge is 2.22. The molecule has 0 aliphatic heterocycles. The van der Waals surface area contributed by atoms with Crippen molar-refractivity contribution in [1.82, 2.24) is 0 Å². The molecule has 124 valence electrons. The fraction of sp³-hybridized carbons (Fsp3) is 0.118. The number of carbonyl (C=O) groups excluding carboxylic acids is 1. The van der Waals surface area contributed by atoms with Gasteiger partial charge in [-0.3, -0.25) is 4.79 Å². The molecule has 0 aliphatic carbocycles. The lowest BCUT2D eigenvalue weighted by Crippen LogP contribution is -2.23. The molecule has 3 aromatic rings. The van der Waals surface area contributed by atoms with Crippen LogP contribution in [0.2, 0.25) is 20.1 Å². The van der Waals surface area contributed by atoms with Crippen molar-refractivity contribution < 1.29 is 9.21 Å².